The number of ether oxygens (including phenoxy) is 1. The van der Waals surface area contributed by atoms with Crippen molar-refractivity contribution in [3.8, 4) is 5.75 Å². The number of halogens is 1. The van der Waals surface area contributed by atoms with Gasteiger partial charge in [0.05, 0.1) is 5.92 Å². The highest BCUT2D eigenvalue weighted by molar-refractivity contribution is 9.10. The van der Waals surface area contributed by atoms with Gasteiger partial charge in [-0.2, -0.15) is 0 Å². The van der Waals surface area contributed by atoms with Gasteiger partial charge in [0, 0.05) is 32.8 Å². The number of hydrogen-bond donors (Lipinski definition) is 1. The van der Waals surface area contributed by atoms with Gasteiger partial charge in [-0.15, -0.1) is 0 Å². The van der Waals surface area contributed by atoms with Gasteiger partial charge in [0.25, 0.3) is 11.9 Å². The van der Waals surface area contributed by atoms with E-state index in [2.05, 4.69) is 21.2 Å². The van der Waals surface area contributed by atoms with Gasteiger partial charge < -0.3 is 10.1 Å². The molecule has 0 saturated carbocycles. The van der Waals surface area contributed by atoms with Crippen LogP contribution in [0.3, 0.4) is 0 Å². The first-order chi connectivity index (χ1) is 15.9. The van der Waals surface area contributed by atoms with Crippen molar-refractivity contribution in [1.82, 2.24) is 4.90 Å². The minimum atomic E-state index is -1.39. The summed E-state index contributed by atoms with van der Waals surface area (Å²) in [7, 11) is 1.78. The van der Waals surface area contributed by atoms with Gasteiger partial charge in [-0.3, -0.25) is 19.8 Å². The quantitative estimate of drug-likeness (QED) is 0.404. The van der Waals surface area contributed by atoms with Crippen LogP contribution in [0.5, 0.6) is 5.75 Å². The molecule has 3 atom stereocenters. The fourth-order valence-electron chi connectivity index (χ4n) is 5.24. The van der Waals surface area contributed by atoms with Crippen LogP contribution in [0.2, 0.25) is 0 Å². The maximum atomic E-state index is 13.3. The van der Waals surface area contributed by atoms with Gasteiger partial charge in [0.15, 0.2) is 5.54 Å². The van der Waals surface area contributed by atoms with E-state index in [9.17, 15) is 14.9 Å². The number of anilines is 1. The summed E-state index contributed by atoms with van der Waals surface area (Å²) in [5.41, 5.74) is 1.59. The molecule has 2 aliphatic rings. The third kappa shape index (κ3) is 3.41. The topological polar surface area (TPSA) is 84.7 Å². The molecule has 0 radical (unpaired) electrons. The molecule has 8 heteroatoms. The number of hydrogen-bond acceptors (Lipinski definition) is 5. The average Bonchev–Trinajstić information content (AvgIpc) is 3.28. The minimum Gasteiger partial charge on any atom is -0.489 e. The number of likely N-dealkylation sites (N-methyl/N-ethyl adjacent to an activating group) is 1. The normalized spacial score (nSPS) is 24.0. The van der Waals surface area contributed by atoms with Crippen LogP contribution in [0.15, 0.2) is 77.3 Å². The maximum Gasteiger partial charge on any atom is 0.256 e. The van der Waals surface area contributed by atoms with Crippen molar-refractivity contribution in [1.29, 1.82) is 0 Å². The minimum absolute atomic E-state index is 0.308. The first kappa shape index (κ1) is 21.6. The first-order valence-electron chi connectivity index (χ1n) is 10.6. The SMILES string of the molecule is CN1C[C@H](c2cc(Br)ccc2OCc2ccccc2)[C@@H]([N+](=O)[O-])[C@@]12C(=O)Nc1ccccc12. The Balaban J connectivity index is 1.59. The molecule has 0 unspecified atom stereocenters. The zero-order chi connectivity index (χ0) is 23.2. The number of fused-ring (bicyclic) bond motifs is 2. The Bertz CT molecular complexity index is 1240. The summed E-state index contributed by atoms with van der Waals surface area (Å²) in [6.45, 7) is 0.682. The van der Waals surface area contributed by atoms with Gasteiger partial charge in [0.2, 0.25) is 0 Å². The Morgan fingerprint density at radius 1 is 1.15 bits per heavy atom. The van der Waals surface area contributed by atoms with E-state index < -0.39 is 17.5 Å². The molecule has 3 aromatic carbocycles. The lowest BCUT2D eigenvalue weighted by atomic mass is 9.79. The van der Waals surface area contributed by atoms with Crippen molar-refractivity contribution in [2.24, 2.45) is 0 Å². The van der Waals surface area contributed by atoms with Gasteiger partial charge in [0.1, 0.15) is 12.4 Å². The van der Waals surface area contributed by atoms with E-state index in [1.165, 1.54) is 0 Å². The van der Waals surface area contributed by atoms with E-state index >= 15 is 0 Å². The monoisotopic (exact) mass is 507 g/mol. The van der Waals surface area contributed by atoms with Gasteiger partial charge in [-0.05, 0) is 36.9 Å². The molecular formula is C25H22BrN3O4. The number of carbonyl (C=O) groups excluding carboxylic acids is 1. The molecule has 33 heavy (non-hydrogen) atoms. The van der Waals surface area contributed by atoms with Crippen molar-refractivity contribution in [3.63, 3.8) is 0 Å². The molecule has 3 aromatic rings. The van der Waals surface area contributed by atoms with Gasteiger partial charge in [-0.1, -0.05) is 64.5 Å². The van der Waals surface area contributed by atoms with Gasteiger partial charge >= 0.3 is 0 Å². The number of amides is 1. The van der Waals surface area contributed by atoms with Crippen LogP contribution in [0, 0.1) is 10.1 Å². The van der Waals surface area contributed by atoms with E-state index in [1.54, 1.807) is 19.2 Å². The number of carbonyl (C=O) groups is 1. The Labute approximate surface area is 199 Å². The lowest BCUT2D eigenvalue weighted by Gasteiger charge is -2.30. The average molecular weight is 508 g/mol. The second-order valence-electron chi connectivity index (χ2n) is 8.44. The van der Waals surface area contributed by atoms with Crippen LogP contribution < -0.4 is 10.1 Å². The number of para-hydroxylation sites is 1. The van der Waals surface area contributed by atoms with E-state index in [1.807, 2.05) is 65.6 Å². The van der Waals surface area contributed by atoms with Crippen molar-refractivity contribution in [2.75, 3.05) is 18.9 Å². The summed E-state index contributed by atoms with van der Waals surface area (Å²) < 4.78 is 6.94. The Hall–Kier alpha value is -3.23. The highest BCUT2D eigenvalue weighted by atomic mass is 79.9. The van der Waals surface area contributed by atoms with Gasteiger partial charge in [-0.25, -0.2) is 0 Å². The molecule has 1 saturated heterocycles. The number of nitrogens with one attached hydrogen (secondary N) is 1. The number of benzene rings is 3. The third-order valence-corrected chi connectivity index (χ3v) is 7.14. The summed E-state index contributed by atoms with van der Waals surface area (Å²) >= 11 is 3.51. The molecule has 7 nitrogen and oxygen atoms in total. The summed E-state index contributed by atoms with van der Waals surface area (Å²) in [5, 5.41) is 15.4. The van der Waals surface area contributed by atoms with Crippen LogP contribution in [0.25, 0.3) is 0 Å². The van der Waals surface area contributed by atoms with Crippen LogP contribution in [0.1, 0.15) is 22.6 Å². The highest BCUT2D eigenvalue weighted by Gasteiger charge is 2.68. The number of nitrogens with zero attached hydrogens (tertiary/aromatic N) is 2. The largest absolute Gasteiger partial charge is 0.489 e. The Morgan fingerprint density at radius 2 is 1.88 bits per heavy atom. The van der Waals surface area contributed by atoms with E-state index in [0.717, 1.165) is 10.0 Å². The smallest absolute Gasteiger partial charge is 0.256 e. The lowest BCUT2D eigenvalue weighted by molar-refractivity contribution is -0.534. The zero-order valence-electron chi connectivity index (χ0n) is 17.9. The third-order valence-electron chi connectivity index (χ3n) is 6.65. The molecule has 168 valence electrons. The van der Waals surface area contributed by atoms with Crippen molar-refractivity contribution >= 4 is 27.5 Å². The fourth-order valence-corrected chi connectivity index (χ4v) is 5.62. The molecule has 0 aliphatic carbocycles. The molecule has 1 spiro atoms. The molecule has 0 aromatic heterocycles. The van der Waals surface area contributed by atoms with Crippen LogP contribution in [-0.4, -0.2) is 35.4 Å². The van der Waals surface area contributed by atoms with Crippen molar-refractivity contribution < 1.29 is 14.5 Å². The molecule has 5 rings (SSSR count). The Morgan fingerprint density at radius 3 is 2.64 bits per heavy atom. The van der Waals surface area contributed by atoms with Crippen LogP contribution >= 0.6 is 15.9 Å². The van der Waals surface area contributed by atoms with E-state index in [-0.39, 0.29) is 10.8 Å². The molecular weight excluding hydrogens is 486 g/mol. The first-order valence-corrected chi connectivity index (χ1v) is 11.4. The predicted molar refractivity (Wildman–Crippen MR) is 128 cm³/mol. The number of nitro groups is 1. The molecule has 1 amide bonds. The summed E-state index contributed by atoms with van der Waals surface area (Å²) in [6, 6.07) is 21.3. The molecule has 2 aliphatic heterocycles. The highest BCUT2D eigenvalue weighted by Crippen LogP contribution is 2.53. The van der Waals surface area contributed by atoms with E-state index in [0.29, 0.717) is 35.7 Å². The summed E-state index contributed by atoms with van der Waals surface area (Å²) in [4.78, 5) is 27.4. The number of rotatable bonds is 5. The standard InChI is InChI=1S/C25H22BrN3O4/c1-28-14-19(18-13-17(26)11-12-22(18)33-15-16-7-3-2-4-8-16)23(29(31)32)25(28)20-9-5-6-10-21(20)27-24(25)30/h2-13,19,23H,14-15H2,1H3,(H,27,30)/t19-,23-,25+/m1/s1. The summed E-state index contributed by atoms with van der Waals surface area (Å²) in [5.74, 6) is -0.335. The zero-order valence-corrected chi connectivity index (χ0v) is 19.5. The fraction of sp³-hybridized carbons (Fsp3) is 0.240. The lowest BCUT2D eigenvalue weighted by Crippen LogP contribution is -2.54. The second kappa shape index (κ2) is 8.28. The molecule has 0 bridgehead atoms. The molecule has 2 heterocycles. The van der Waals surface area contributed by atoms with E-state index in [4.69, 9.17) is 4.74 Å². The van der Waals surface area contributed by atoms with Crippen LogP contribution in [0.4, 0.5) is 5.69 Å². The van der Waals surface area contributed by atoms with Crippen molar-refractivity contribution in [2.45, 2.75) is 24.1 Å². The molecule has 1 N–H and O–H groups in total. The maximum absolute atomic E-state index is 13.3. The molecule has 1 fully saturated rings. The number of likely N-dealkylation sites (tertiary alicyclic amines) is 1. The Kier molecular flexibility index (Phi) is 5.42. The van der Waals surface area contributed by atoms with Crippen molar-refractivity contribution in [3.05, 3.63) is 104 Å². The second-order valence-corrected chi connectivity index (χ2v) is 9.36. The summed E-state index contributed by atoms with van der Waals surface area (Å²) in [6.07, 6.45) is 0. The predicted octanol–water partition coefficient (Wildman–Crippen LogP) is 4.55. The van der Waals surface area contributed by atoms with Crippen LogP contribution in [-0.2, 0) is 16.9 Å².